The lowest BCUT2D eigenvalue weighted by molar-refractivity contribution is -0.123. The largest absolute Gasteiger partial charge is 0.452 e. The van der Waals surface area contributed by atoms with Gasteiger partial charge in [0.05, 0.1) is 5.56 Å². The van der Waals surface area contributed by atoms with Gasteiger partial charge in [0.1, 0.15) is 0 Å². The molecule has 25 heavy (non-hydrogen) atoms. The monoisotopic (exact) mass is 364 g/mol. The van der Waals surface area contributed by atoms with E-state index < -0.39 is 24.5 Å². The summed E-state index contributed by atoms with van der Waals surface area (Å²) in [6.45, 7) is 1.51. The Bertz CT molecular complexity index is 615. The highest BCUT2D eigenvalue weighted by atomic mass is 32.2. The van der Waals surface area contributed by atoms with Gasteiger partial charge in [0.2, 0.25) is 0 Å². The molecule has 0 atom stereocenters. The Morgan fingerprint density at radius 2 is 1.88 bits per heavy atom. The molecule has 1 aliphatic rings. The van der Waals surface area contributed by atoms with Gasteiger partial charge in [-0.1, -0.05) is 38.3 Å². The van der Waals surface area contributed by atoms with Crippen molar-refractivity contribution < 1.29 is 19.1 Å². The standard InChI is InChI=1S/C18H24N2O4S/c1-2-25-15-11-7-6-10-14(15)17(22)24-12-16(21)20-18(23)19-13-8-4-3-5-9-13/h6-7,10-11,13H,2-5,8-9,12H2,1H3,(H2,19,20,21,23). The van der Waals surface area contributed by atoms with Crippen LogP contribution in [0.15, 0.2) is 29.2 Å². The van der Waals surface area contributed by atoms with E-state index in [-0.39, 0.29) is 6.04 Å². The number of benzene rings is 1. The van der Waals surface area contributed by atoms with Gasteiger partial charge in [0, 0.05) is 10.9 Å². The highest BCUT2D eigenvalue weighted by Crippen LogP contribution is 2.22. The summed E-state index contributed by atoms with van der Waals surface area (Å²) in [5, 5.41) is 4.98. The van der Waals surface area contributed by atoms with Crippen LogP contribution >= 0.6 is 11.8 Å². The van der Waals surface area contributed by atoms with Crippen molar-refractivity contribution >= 4 is 29.7 Å². The third kappa shape index (κ3) is 6.42. The fraction of sp³-hybridized carbons (Fsp3) is 0.500. The van der Waals surface area contributed by atoms with Crippen LogP contribution in [0.3, 0.4) is 0 Å². The van der Waals surface area contributed by atoms with E-state index in [0.29, 0.717) is 5.56 Å². The van der Waals surface area contributed by atoms with E-state index in [9.17, 15) is 14.4 Å². The van der Waals surface area contributed by atoms with Crippen LogP contribution in [0, 0.1) is 0 Å². The molecule has 0 heterocycles. The maximum Gasteiger partial charge on any atom is 0.339 e. The first-order valence-electron chi connectivity index (χ1n) is 8.59. The topological polar surface area (TPSA) is 84.5 Å². The lowest BCUT2D eigenvalue weighted by atomic mass is 9.96. The summed E-state index contributed by atoms with van der Waals surface area (Å²) in [6, 6.07) is 6.67. The Kier molecular flexibility index (Phi) is 7.78. The minimum atomic E-state index is -0.637. The van der Waals surface area contributed by atoms with Crippen LogP contribution in [-0.2, 0) is 9.53 Å². The van der Waals surface area contributed by atoms with Crippen LogP contribution in [0.4, 0.5) is 4.79 Å². The molecule has 7 heteroatoms. The summed E-state index contributed by atoms with van der Waals surface area (Å²) >= 11 is 1.53. The summed E-state index contributed by atoms with van der Waals surface area (Å²) in [5.41, 5.74) is 0.425. The normalized spacial score (nSPS) is 14.6. The molecule has 2 N–H and O–H groups in total. The molecule has 136 valence electrons. The minimum Gasteiger partial charge on any atom is -0.452 e. The van der Waals surface area contributed by atoms with Crippen LogP contribution in [0.25, 0.3) is 0 Å². The number of rotatable bonds is 6. The molecule has 0 spiro atoms. The third-order valence-corrected chi connectivity index (χ3v) is 4.89. The van der Waals surface area contributed by atoms with Crippen molar-refractivity contribution in [2.45, 2.75) is 50.0 Å². The van der Waals surface area contributed by atoms with Gasteiger partial charge in [-0.25, -0.2) is 9.59 Å². The number of carbonyl (C=O) groups excluding carboxylic acids is 3. The fourth-order valence-electron chi connectivity index (χ4n) is 2.76. The summed E-state index contributed by atoms with van der Waals surface area (Å²) in [6.07, 6.45) is 5.23. The zero-order valence-electron chi connectivity index (χ0n) is 14.4. The van der Waals surface area contributed by atoms with E-state index in [0.717, 1.165) is 36.3 Å². The van der Waals surface area contributed by atoms with E-state index in [1.165, 1.54) is 18.2 Å². The molecule has 1 aliphatic carbocycles. The molecule has 3 amide bonds. The molecular weight excluding hydrogens is 340 g/mol. The van der Waals surface area contributed by atoms with Crippen LogP contribution < -0.4 is 10.6 Å². The zero-order chi connectivity index (χ0) is 18.1. The maximum absolute atomic E-state index is 12.1. The van der Waals surface area contributed by atoms with Gasteiger partial charge in [-0.15, -0.1) is 11.8 Å². The number of urea groups is 1. The van der Waals surface area contributed by atoms with Gasteiger partial charge < -0.3 is 10.1 Å². The van der Waals surface area contributed by atoms with Gasteiger partial charge in [0.25, 0.3) is 5.91 Å². The average molecular weight is 364 g/mol. The molecular formula is C18H24N2O4S. The molecule has 1 aromatic rings. The van der Waals surface area contributed by atoms with Gasteiger partial charge in [-0.05, 0) is 30.7 Å². The Balaban J connectivity index is 1.77. The first kappa shape index (κ1) is 19.3. The van der Waals surface area contributed by atoms with E-state index in [1.807, 2.05) is 19.1 Å². The lowest BCUT2D eigenvalue weighted by Crippen LogP contribution is -2.46. The van der Waals surface area contributed by atoms with Crippen molar-refractivity contribution in [3.05, 3.63) is 29.8 Å². The van der Waals surface area contributed by atoms with Crippen LogP contribution in [-0.4, -0.2) is 36.3 Å². The van der Waals surface area contributed by atoms with Crippen molar-refractivity contribution in [1.82, 2.24) is 10.6 Å². The van der Waals surface area contributed by atoms with Crippen molar-refractivity contribution in [2.75, 3.05) is 12.4 Å². The third-order valence-electron chi connectivity index (χ3n) is 3.93. The first-order valence-corrected chi connectivity index (χ1v) is 9.58. The average Bonchev–Trinajstić information content (AvgIpc) is 2.61. The first-order chi connectivity index (χ1) is 12.1. The summed E-state index contributed by atoms with van der Waals surface area (Å²) in [7, 11) is 0. The number of esters is 1. The minimum absolute atomic E-state index is 0.113. The zero-order valence-corrected chi connectivity index (χ0v) is 15.2. The predicted molar refractivity (Wildman–Crippen MR) is 96.7 cm³/mol. The van der Waals surface area contributed by atoms with Gasteiger partial charge in [-0.2, -0.15) is 0 Å². The van der Waals surface area contributed by atoms with Crippen molar-refractivity contribution in [2.24, 2.45) is 0 Å². The predicted octanol–water partition coefficient (Wildman–Crippen LogP) is 3.11. The van der Waals surface area contributed by atoms with Crippen molar-refractivity contribution in [3.8, 4) is 0 Å². The molecule has 0 unspecified atom stereocenters. The molecule has 0 radical (unpaired) electrons. The van der Waals surface area contributed by atoms with Gasteiger partial charge in [-0.3, -0.25) is 10.1 Å². The molecule has 0 bridgehead atoms. The Morgan fingerprint density at radius 3 is 2.60 bits per heavy atom. The second-order valence-electron chi connectivity index (χ2n) is 5.86. The highest BCUT2D eigenvalue weighted by Gasteiger charge is 2.18. The number of hydrogen-bond donors (Lipinski definition) is 2. The molecule has 0 aromatic heterocycles. The highest BCUT2D eigenvalue weighted by molar-refractivity contribution is 7.99. The number of thioether (sulfide) groups is 1. The second-order valence-corrected chi connectivity index (χ2v) is 7.17. The van der Waals surface area contributed by atoms with E-state index in [1.54, 1.807) is 12.1 Å². The molecule has 2 rings (SSSR count). The number of ether oxygens (including phenoxy) is 1. The number of nitrogens with one attached hydrogen (secondary N) is 2. The Morgan fingerprint density at radius 1 is 1.16 bits per heavy atom. The fourth-order valence-corrected chi connectivity index (χ4v) is 3.55. The Labute approximate surface area is 152 Å². The number of carbonyl (C=O) groups is 3. The number of hydrogen-bond acceptors (Lipinski definition) is 5. The molecule has 6 nitrogen and oxygen atoms in total. The Hall–Kier alpha value is -2.02. The van der Waals surface area contributed by atoms with Gasteiger partial charge >= 0.3 is 12.0 Å². The number of amides is 3. The van der Waals surface area contributed by atoms with Crippen LogP contribution in [0.5, 0.6) is 0 Å². The van der Waals surface area contributed by atoms with E-state index in [2.05, 4.69) is 10.6 Å². The smallest absolute Gasteiger partial charge is 0.339 e. The summed E-state index contributed by atoms with van der Waals surface area (Å²) < 4.78 is 5.02. The SMILES string of the molecule is CCSc1ccccc1C(=O)OCC(=O)NC(=O)NC1CCCCC1. The van der Waals surface area contributed by atoms with Crippen molar-refractivity contribution in [1.29, 1.82) is 0 Å². The van der Waals surface area contributed by atoms with Gasteiger partial charge in [0.15, 0.2) is 6.61 Å². The summed E-state index contributed by atoms with van der Waals surface area (Å²) in [5.74, 6) is -0.381. The molecule has 1 saturated carbocycles. The molecule has 1 fully saturated rings. The van der Waals surface area contributed by atoms with Crippen LogP contribution in [0.1, 0.15) is 49.4 Å². The maximum atomic E-state index is 12.1. The molecule has 0 saturated heterocycles. The second kappa shape index (κ2) is 10.1. The van der Waals surface area contributed by atoms with E-state index in [4.69, 9.17) is 4.74 Å². The van der Waals surface area contributed by atoms with Crippen LogP contribution in [0.2, 0.25) is 0 Å². The van der Waals surface area contributed by atoms with Crippen molar-refractivity contribution in [3.63, 3.8) is 0 Å². The lowest BCUT2D eigenvalue weighted by Gasteiger charge is -2.22. The van der Waals surface area contributed by atoms with E-state index >= 15 is 0 Å². The number of imide groups is 1. The molecule has 1 aromatic carbocycles. The molecule has 0 aliphatic heterocycles. The quantitative estimate of drug-likeness (QED) is 0.598. The summed E-state index contributed by atoms with van der Waals surface area (Å²) in [4.78, 5) is 36.5.